The minimum absolute atomic E-state index is 0.575. The summed E-state index contributed by atoms with van der Waals surface area (Å²) in [6.07, 6.45) is 0. The van der Waals surface area contributed by atoms with Crippen molar-refractivity contribution in [2.45, 2.75) is 13.5 Å². The van der Waals surface area contributed by atoms with E-state index in [2.05, 4.69) is 4.99 Å². The van der Waals surface area contributed by atoms with Crippen molar-refractivity contribution in [1.82, 2.24) is 0 Å². The van der Waals surface area contributed by atoms with Crippen LogP contribution in [0.3, 0.4) is 0 Å². The molecule has 2 nitrogen and oxygen atoms in total. The van der Waals surface area contributed by atoms with Crippen LogP contribution in [0.25, 0.3) is 0 Å². The maximum Gasteiger partial charge on any atom is 0.185 e. The van der Waals surface area contributed by atoms with Crippen LogP contribution in [-0.4, -0.2) is 5.90 Å². The largest absolute Gasteiger partial charge is 0.476 e. The van der Waals surface area contributed by atoms with E-state index in [0.29, 0.717) is 12.5 Å². The summed E-state index contributed by atoms with van der Waals surface area (Å²) in [4.78, 5) is 4.22. The van der Waals surface area contributed by atoms with Crippen LogP contribution in [0.15, 0.2) is 23.2 Å². The number of rotatable bonds is 0. The molecule has 0 radical (unpaired) electrons. The fourth-order valence-corrected chi connectivity index (χ4v) is 1.36. The monoisotopic (exact) mass is 181 g/mol. The van der Waals surface area contributed by atoms with E-state index in [-0.39, 0.29) is 0 Å². The molecule has 0 saturated carbocycles. The topological polar surface area (TPSA) is 21.6 Å². The molecule has 0 aliphatic carbocycles. The first-order valence-corrected chi connectivity index (χ1v) is 4.10. The molecule has 0 fully saturated rings. The van der Waals surface area contributed by atoms with Gasteiger partial charge in [0, 0.05) is 17.5 Å². The van der Waals surface area contributed by atoms with Gasteiger partial charge in [-0.1, -0.05) is 11.6 Å². The van der Waals surface area contributed by atoms with Crippen molar-refractivity contribution < 1.29 is 4.74 Å². The van der Waals surface area contributed by atoms with Crippen LogP contribution >= 0.6 is 11.6 Å². The second kappa shape index (κ2) is 2.79. The lowest BCUT2D eigenvalue weighted by Gasteiger charge is -2.14. The maximum absolute atomic E-state index is 5.81. The van der Waals surface area contributed by atoms with Crippen LogP contribution in [0.4, 0.5) is 5.69 Å². The first-order valence-electron chi connectivity index (χ1n) is 3.72. The van der Waals surface area contributed by atoms with Gasteiger partial charge in [-0.2, -0.15) is 0 Å². The zero-order valence-corrected chi connectivity index (χ0v) is 7.43. The van der Waals surface area contributed by atoms with Gasteiger partial charge < -0.3 is 4.74 Å². The number of benzene rings is 1. The zero-order chi connectivity index (χ0) is 8.55. The van der Waals surface area contributed by atoms with E-state index in [9.17, 15) is 0 Å². The van der Waals surface area contributed by atoms with Gasteiger partial charge in [0.05, 0.1) is 5.69 Å². The third-order valence-electron chi connectivity index (χ3n) is 1.76. The van der Waals surface area contributed by atoms with Crippen molar-refractivity contribution in [1.29, 1.82) is 0 Å². The highest BCUT2D eigenvalue weighted by molar-refractivity contribution is 6.30. The Balaban J connectivity index is 2.51. The van der Waals surface area contributed by atoms with Gasteiger partial charge in [-0.15, -0.1) is 0 Å². The molecule has 2 rings (SSSR count). The Labute approximate surface area is 75.8 Å². The van der Waals surface area contributed by atoms with E-state index < -0.39 is 0 Å². The van der Waals surface area contributed by atoms with Gasteiger partial charge in [-0.25, -0.2) is 4.99 Å². The maximum atomic E-state index is 5.81. The van der Waals surface area contributed by atoms with Gasteiger partial charge in [0.25, 0.3) is 0 Å². The Bertz CT molecular complexity index is 346. The van der Waals surface area contributed by atoms with Crippen LogP contribution in [0, 0.1) is 0 Å². The van der Waals surface area contributed by atoms with E-state index in [4.69, 9.17) is 16.3 Å². The van der Waals surface area contributed by atoms with Gasteiger partial charge in [0.15, 0.2) is 5.90 Å². The molecule has 0 saturated heterocycles. The van der Waals surface area contributed by atoms with Crippen molar-refractivity contribution in [3.8, 4) is 0 Å². The summed E-state index contributed by atoms with van der Waals surface area (Å²) in [5.41, 5.74) is 2.01. The highest BCUT2D eigenvalue weighted by Gasteiger charge is 2.09. The molecule has 0 atom stereocenters. The molecule has 1 aliphatic heterocycles. The minimum Gasteiger partial charge on any atom is -0.476 e. The molecular weight excluding hydrogens is 174 g/mol. The molecule has 1 aromatic rings. The van der Waals surface area contributed by atoms with Crippen molar-refractivity contribution in [2.75, 3.05) is 0 Å². The lowest BCUT2D eigenvalue weighted by Crippen LogP contribution is -2.04. The standard InChI is InChI=1S/C9H8ClNO/c1-6-11-9-3-2-8(10)4-7(9)5-12-6/h2-4H,5H2,1H3. The van der Waals surface area contributed by atoms with Crippen LogP contribution in [-0.2, 0) is 11.3 Å². The number of hydrogen-bond acceptors (Lipinski definition) is 2. The second-order valence-corrected chi connectivity index (χ2v) is 3.13. The highest BCUT2D eigenvalue weighted by Crippen LogP contribution is 2.27. The Morgan fingerprint density at radius 3 is 3.17 bits per heavy atom. The Morgan fingerprint density at radius 2 is 2.33 bits per heavy atom. The van der Waals surface area contributed by atoms with Gasteiger partial charge in [-0.05, 0) is 18.2 Å². The first-order chi connectivity index (χ1) is 5.75. The fourth-order valence-electron chi connectivity index (χ4n) is 1.16. The average Bonchev–Trinajstić information content (AvgIpc) is 2.05. The van der Waals surface area contributed by atoms with Crippen LogP contribution in [0.2, 0.25) is 5.02 Å². The third kappa shape index (κ3) is 1.30. The highest BCUT2D eigenvalue weighted by atomic mass is 35.5. The summed E-state index contributed by atoms with van der Waals surface area (Å²) >= 11 is 5.81. The molecule has 1 aromatic carbocycles. The number of nitrogens with zero attached hydrogens (tertiary/aromatic N) is 1. The van der Waals surface area contributed by atoms with Crippen molar-refractivity contribution >= 4 is 23.2 Å². The average molecular weight is 182 g/mol. The number of ether oxygens (including phenoxy) is 1. The van der Waals surface area contributed by atoms with Crippen molar-refractivity contribution in [3.05, 3.63) is 28.8 Å². The minimum atomic E-state index is 0.575. The molecule has 0 unspecified atom stereocenters. The summed E-state index contributed by atoms with van der Waals surface area (Å²) in [6.45, 7) is 2.42. The number of aliphatic imine (C=N–C) groups is 1. The molecule has 0 aromatic heterocycles. The predicted molar refractivity (Wildman–Crippen MR) is 49.0 cm³/mol. The first kappa shape index (κ1) is 7.62. The second-order valence-electron chi connectivity index (χ2n) is 2.69. The van der Waals surface area contributed by atoms with Crippen LogP contribution in [0.1, 0.15) is 12.5 Å². The SMILES string of the molecule is CC1=Nc2ccc(Cl)cc2CO1. The smallest absolute Gasteiger partial charge is 0.185 e. The van der Waals surface area contributed by atoms with E-state index in [0.717, 1.165) is 16.3 Å². The van der Waals surface area contributed by atoms with E-state index in [1.807, 2.05) is 25.1 Å². The molecule has 0 spiro atoms. The van der Waals surface area contributed by atoms with Crippen LogP contribution in [0.5, 0.6) is 0 Å². The molecule has 0 bridgehead atoms. The number of halogens is 1. The molecule has 62 valence electrons. The lowest BCUT2D eigenvalue weighted by molar-refractivity contribution is 0.284. The van der Waals surface area contributed by atoms with E-state index in [1.165, 1.54) is 0 Å². The molecule has 0 amide bonds. The molecule has 12 heavy (non-hydrogen) atoms. The van der Waals surface area contributed by atoms with Gasteiger partial charge >= 0.3 is 0 Å². The zero-order valence-electron chi connectivity index (χ0n) is 6.67. The molecule has 1 heterocycles. The fraction of sp³-hybridized carbons (Fsp3) is 0.222. The quantitative estimate of drug-likeness (QED) is 0.603. The Kier molecular flexibility index (Phi) is 1.77. The van der Waals surface area contributed by atoms with Crippen molar-refractivity contribution in [3.63, 3.8) is 0 Å². The lowest BCUT2D eigenvalue weighted by atomic mass is 10.2. The molecular formula is C9H8ClNO. The summed E-state index contributed by atoms with van der Waals surface area (Å²) < 4.78 is 5.25. The van der Waals surface area contributed by atoms with Gasteiger partial charge in [0.2, 0.25) is 0 Å². The van der Waals surface area contributed by atoms with E-state index >= 15 is 0 Å². The predicted octanol–water partition coefficient (Wildman–Crippen LogP) is 2.92. The summed E-state index contributed by atoms with van der Waals surface area (Å²) in [7, 11) is 0. The molecule has 0 N–H and O–H groups in total. The Hall–Kier alpha value is -1.02. The summed E-state index contributed by atoms with van der Waals surface area (Å²) in [5, 5.41) is 0.729. The van der Waals surface area contributed by atoms with Gasteiger partial charge in [0.1, 0.15) is 6.61 Å². The third-order valence-corrected chi connectivity index (χ3v) is 1.99. The van der Waals surface area contributed by atoms with E-state index in [1.54, 1.807) is 0 Å². The molecule has 3 heteroatoms. The Morgan fingerprint density at radius 1 is 1.50 bits per heavy atom. The van der Waals surface area contributed by atoms with Crippen molar-refractivity contribution in [2.24, 2.45) is 4.99 Å². The van der Waals surface area contributed by atoms with Gasteiger partial charge in [-0.3, -0.25) is 0 Å². The number of fused-ring (bicyclic) bond motifs is 1. The normalized spacial score (nSPS) is 14.7. The summed E-state index contributed by atoms with van der Waals surface area (Å²) in [6, 6.07) is 5.62. The van der Waals surface area contributed by atoms with Crippen LogP contribution < -0.4 is 0 Å². The summed E-state index contributed by atoms with van der Waals surface area (Å²) in [5.74, 6) is 0.713. The molecule has 1 aliphatic rings. The number of hydrogen-bond donors (Lipinski definition) is 0.